The zero-order valence-electron chi connectivity index (χ0n) is 12.9. The largest absolute Gasteiger partial charge is 0.550 e. The SMILES string of the molecule is C[N+](C)(C)CC(CC(=O)[O-])OC(=O)[C@@H](N)Cc1cnc[nH]1.Cl. The summed E-state index contributed by atoms with van der Waals surface area (Å²) in [6, 6.07) is -0.873. The van der Waals surface area contributed by atoms with E-state index in [4.69, 9.17) is 10.5 Å². The molecule has 3 N–H and O–H groups in total. The number of nitrogens with two attached hydrogens (primary N) is 1. The first-order valence-electron chi connectivity index (χ1n) is 6.61. The maximum Gasteiger partial charge on any atom is 0.323 e. The number of carbonyl (C=O) groups is 2. The molecule has 0 saturated carbocycles. The van der Waals surface area contributed by atoms with Crippen LogP contribution in [0.4, 0.5) is 0 Å². The zero-order valence-corrected chi connectivity index (χ0v) is 13.8. The van der Waals surface area contributed by atoms with Gasteiger partial charge in [-0.25, -0.2) is 4.98 Å². The summed E-state index contributed by atoms with van der Waals surface area (Å²) in [5.41, 5.74) is 6.47. The lowest BCUT2D eigenvalue weighted by Crippen LogP contribution is -2.47. The monoisotopic (exact) mass is 334 g/mol. The molecule has 0 radical (unpaired) electrons. The standard InChI is InChI=1S/C13H22N4O4.ClH/c1-17(2,3)7-10(5-12(18)19)21-13(20)11(14)4-9-6-15-8-16-9;/h6,8,10-11H,4-5,7,14H2,1-3H3,(H-,15,16,18,19);1H/t10?,11-;/m0./s1. The van der Waals surface area contributed by atoms with Gasteiger partial charge in [-0.05, 0) is 0 Å². The quantitative estimate of drug-likeness (QED) is 0.439. The lowest BCUT2D eigenvalue weighted by Gasteiger charge is -2.29. The van der Waals surface area contributed by atoms with Crippen LogP contribution < -0.4 is 10.8 Å². The van der Waals surface area contributed by atoms with Gasteiger partial charge < -0.3 is 29.8 Å². The molecule has 1 aromatic heterocycles. The molecule has 0 aliphatic heterocycles. The van der Waals surface area contributed by atoms with Crippen LogP contribution in [-0.2, 0) is 20.7 Å². The van der Waals surface area contributed by atoms with Gasteiger partial charge in [-0.3, -0.25) is 4.79 Å². The van der Waals surface area contributed by atoms with Crippen LogP contribution in [0.2, 0.25) is 0 Å². The number of likely N-dealkylation sites (N-methyl/N-ethyl adjacent to an activating group) is 1. The summed E-state index contributed by atoms with van der Waals surface area (Å²) < 4.78 is 5.67. The number of imidazole rings is 1. The lowest BCUT2D eigenvalue weighted by atomic mass is 10.1. The number of carboxylic acids is 1. The molecule has 2 atom stereocenters. The number of H-pyrrole nitrogens is 1. The maximum atomic E-state index is 11.9. The Bertz CT molecular complexity index is 473. The van der Waals surface area contributed by atoms with E-state index < -0.39 is 24.1 Å². The van der Waals surface area contributed by atoms with Gasteiger partial charge in [0.05, 0.1) is 27.5 Å². The number of carboxylic acid groups (broad SMARTS) is 1. The van der Waals surface area contributed by atoms with Crippen molar-refractivity contribution in [3.63, 3.8) is 0 Å². The lowest BCUT2D eigenvalue weighted by molar-refractivity contribution is -0.873. The van der Waals surface area contributed by atoms with Crippen molar-refractivity contribution in [2.75, 3.05) is 27.7 Å². The minimum absolute atomic E-state index is 0. The molecular weight excluding hydrogens is 312 g/mol. The van der Waals surface area contributed by atoms with Crippen molar-refractivity contribution >= 4 is 24.3 Å². The number of aromatic amines is 1. The number of halogens is 1. The molecule has 9 heteroatoms. The van der Waals surface area contributed by atoms with Crippen molar-refractivity contribution in [2.45, 2.75) is 25.0 Å². The number of nitrogens with one attached hydrogen (secondary N) is 1. The molecule has 1 unspecified atom stereocenters. The molecular formula is C13H23ClN4O4. The maximum absolute atomic E-state index is 11.9. The fourth-order valence-corrected chi connectivity index (χ4v) is 1.91. The molecule has 0 bridgehead atoms. The second-order valence-electron chi connectivity index (χ2n) is 6.00. The van der Waals surface area contributed by atoms with Crippen molar-refractivity contribution in [2.24, 2.45) is 5.73 Å². The van der Waals surface area contributed by atoms with Crippen LogP contribution in [0.1, 0.15) is 12.1 Å². The first-order chi connectivity index (χ1) is 9.67. The van der Waals surface area contributed by atoms with Gasteiger partial charge in [0.1, 0.15) is 12.6 Å². The van der Waals surface area contributed by atoms with Crippen molar-refractivity contribution in [1.82, 2.24) is 9.97 Å². The summed E-state index contributed by atoms with van der Waals surface area (Å²) in [5, 5.41) is 10.7. The predicted molar refractivity (Wildman–Crippen MR) is 79.9 cm³/mol. The number of carbonyl (C=O) groups excluding carboxylic acids is 2. The van der Waals surface area contributed by atoms with Gasteiger partial charge in [-0.15, -0.1) is 12.4 Å². The van der Waals surface area contributed by atoms with E-state index in [-0.39, 0.29) is 25.2 Å². The number of hydrogen-bond acceptors (Lipinski definition) is 6. The summed E-state index contributed by atoms with van der Waals surface area (Å²) in [7, 11) is 5.63. The summed E-state index contributed by atoms with van der Waals surface area (Å²) in [4.78, 5) is 29.4. The Kier molecular flexibility index (Phi) is 8.07. The van der Waals surface area contributed by atoms with E-state index in [1.807, 2.05) is 21.1 Å². The highest BCUT2D eigenvalue weighted by molar-refractivity contribution is 5.85. The van der Waals surface area contributed by atoms with Gasteiger partial charge in [0.25, 0.3) is 0 Å². The molecule has 126 valence electrons. The highest BCUT2D eigenvalue weighted by atomic mass is 35.5. The van der Waals surface area contributed by atoms with Gasteiger partial charge >= 0.3 is 5.97 Å². The number of ether oxygens (including phenoxy) is 1. The molecule has 1 aromatic rings. The second-order valence-corrected chi connectivity index (χ2v) is 6.00. The Morgan fingerprint density at radius 1 is 1.45 bits per heavy atom. The van der Waals surface area contributed by atoms with Crippen LogP contribution in [-0.4, -0.2) is 66.2 Å². The van der Waals surface area contributed by atoms with Gasteiger partial charge in [0.15, 0.2) is 6.10 Å². The van der Waals surface area contributed by atoms with Crippen molar-refractivity contribution in [3.05, 3.63) is 18.2 Å². The van der Waals surface area contributed by atoms with Crippen LogP contribution >= 0.6 is 12.4 Å². The number of rotatable bonds is 8. The van der Waals surface area contributed by atoms with E-state index in [2.05, 4.69) is 9.97 Å². The third kappa shape index (κ3) is 7.96. The summed E-state index contributed by atoms with van der Waals surface area (Å²) >= 11 is 0. The zero-order chi connectivity index (χ0) is 16.0. The summed E-state index contributed by atoms with van der Waals surface area (Å²) in [6.07, 6.45) is 2.19. The molecule has 1 heterocycles. The fraction of sp³-hybridized carbons (Fsp3) is 0.615. The Balaban J connectivity index is 0.00000441. The minimum atomic E-state index is -1.26. The van der Waals surface area contributed by atoms with Crippen molar-refractivity contribution in [1.29, 1.82) is 0 Å². The van der Waals surface area contributed by atoms with E-state index in [1.54, 1.807) is 6.20 Å². The Labute approximate surface area is 135 Å². The third-order valence-electron chi connectivity index (χ3n) is 2.73. The van der Waals surface area contributed by atoms with E-state index in [1.165, 1.54) is 6.33 Å². The summed E-state index contributed by atoms with van der Waals surface area (Å²) in [5.74, 6) is -1.90. The van der Waals surface area contributed by atoms with Gasteiger partial charge in [-0.2, -0.15) is 0 Å². The molecule has 0 aromatic carbocycles. The highest BCUT2D eigenvalue weighted by Crippen LogP contribution is 2.07. The first kappa shape index (κ1) is 20.4. The molecule has 0 spiro atoms. The normalized spacial score (nSPS) is 13.8. The van der Waals surface area contributed by atoms with E-state index in [0.717, 1.165) is 0 Å². The number of nitrogens with zero attached hydrogens (tertiary/aromatic N) is 2. The topological polar surface area (TPSA) is 121 Å². The van der Waals surface area contributed by atoms with Gasteiger partial charge in [0.2, 0.25) is 0 Å². The Hall–Kier alpha value is -1.64. The molecule has 1 rings (SSSR count). The fourth-order valence-electron chi connectivity index (χ4n) is 1.91. The van der Waals surface area contributed by atoms with Crippen LogP contribution in [0.25, 0.3) is 0 Å². The number of hydrogen-bond donors (Lipinski definition) is 2. The smallest absolute Gasteiger partial charge is 0.323 e. The average molecular weight is 335 g/mol. The summed E-state index contributed by atoms with van der Waals surface area (Å²) in [6.45, 7) is 0.358. The molecule has 8 nitrogen and oxygen atoms in total. The van der Waals surface area contributed by atoms with Crippen LogP contribution in [0.15, 0.2) is 12.5 Å². The average Bonchev–Trinajstić information content (AvgIpc) is 2.78. The van der Waals surface area contributed by atoms with Crippen molar-refractivity contribution < 1.29 is 23.9 Å². The predicted octanol–water partition coefficient (Wildman–Crippen LogP) is -1.54. The number of esters is 1. The van der Waals surface area contributed by atoms with Gasteiger partial charge in [0, 0.05) is 30.7 Å². The number of aliphatic carboxylic acids is 1. The van der Waals surface area contributed by atoms with E-state index >= 15 is 0 Å². The Morgan fingerprint density at radius 2 is 2.09 bits per heavy atom. The van der Waals surface area contributed by atoms with Crippen LogP contribution in [0.3, 0.4) is 0 Å². The second kappa shape index (κ2) is 8.72. The van der Waals surface area contributed by atoms with E-state index in [0.29, 0.717) is 16.7 Å². The highest BCUT2D eigenvalue weighted by Gasteiger charge is 2.25. The molecule has 0 aliphatic carbocycles. The minimum Gasteiger partial charge on any atom is -0.550 e. The molecule has 0 saturated heterocycles. The number of aromatic nitrogens is 2. The van der Waals surface area contributed by atoms with E-state index in [9.17, 15) is 14.7 Å². The third-order valence-corrected chi connectivity index (χ3v) is 2.73. The number of quaternary nitrogens is 1. The van der Waals surface area contributed by atoms with Gasteiger partial charge in [-0.1, -0.05) is 0 Å². The first-order valence-corrected chi connectivity index (χ1v) is 6.61. The molecule has 0 fully saturated rings. The van der Waals surface area contributed by atoms with Crippen LogP contribution in [0.5, 0.6) is 0 Å². The van der Waals surface area contributed by atoms with Crippen molar-refractivity contribution in [3.8, 4) is 0 Å². The molecule has 22 heavy (non-hydrogen) atoms. The molecule has 0 aliphatic rings. The Morgan fingerprint density at radius 3 is 2.55 bits per heavy atom. The van der Waals surface area contributed by atoms with Crippen LogP contribution in [0, 0.1) is 0 Å². The molecule has 0 amide bonds.